The minimum absolute atomic E-state index is 0.256. The molecular weight excluding hydrogens is 835 g/mol. The molecule has 0 spiro atoms. The van der Waals surface area contributed by atoms with Crippen molar-refractivity contribution < 1.29 is 50.0 Å². The molecule has 0 saturated carbocycles. The van der Waals surface area contributed by atoms with Crippen molar-refractivity contribution in [1.29, 1.82) is 0 Å². The van der Waals surface area contributed by atoms with Gasteiger partial charge in [0.2, 0.25) is 5.91 Å². The quantitative estimate of drug-likeness (QED) is 0.0215. The Morgan fingerprint density at radius 2 is 0.894 bits per heavy atom. The molecule has 11 heteroatoms. The first-order chi connectivity index (χ1) is 32.2. The maximum atomic E-state index is 13.0. The third-order valence-corrected chi connectivity index (χ3v) is 13.8. The van der Waals surface area contributed by atoms with Crippen LogP contribution in [0.15, 0.2) is 12.2 Å². The third kappa shape index (κ3) is 33.4. The smallest absolute Gasteiger partial charge is 0.249 e. The monoisotopic (exact) mass is 942 g/mol. The Morgan fingerprint density at radius 1 is 0.515 bits per heavy atom. The van der Waals surface area contributed by atoms with Gasteiger partial charge in [0, 0.05) is 0 Å². The molecule has 1 aliphatic rings. The third-order valence-electron chi connectivity index (χ3n) is 13.8. The Kier molecular flexibility index (Phi) is 42.9. The van der Waals surface area contributed by atoms with Crippen molar-refractivity contribution in [2.75, 3.05) is 13.2 Å². The van der Waals surface area contributed by atoms with Gasteiger partial charge in [0.05, 0.1) is 25.4 Å². The minimum atomic E-state index is -1.66. The summed E-state index contributed by atoms with van der Waals surface area (Å²) in [4.78, 5) is 13.0. The van der Waals surface area contributed by atoms with Crippen LogP contribution < -0.4 is 5.32 Å². The fourth-order valence-electron chi connectivity index (χ4n) is 9.21. The van der Waals surface area contributed by atoms with Crippen molar-refractivity contribution in [3.8, 4) is 0 Å². The SMILES string of the molecule is CCCCCCCCCCCCCCCCCCCCCCCCCCCC/C=C/CCCC(O)C(O)C(COC1OC(CO)C(O)C(O)C1O)NC(=O)C(O)CCCCCCCCCC. The zero-order valence-corrected chi connectivity index (χ0v) is 42.7. The number of carbonyl (C=O) groups is 1. The summed E-state index contributed by atoms with van der Waals surface area (Å²) in [6.45, 7) is 3.41. The second-order valence-corrected chi connectivity index (χ2v) is 20.0. The van der Waals surface area contributed by atoms with Gasteiger partial charge >= 0.3 is 0 Å². The average molecular weight is 942 g/mol. The Labute approximate surface area is 404 Å². The van der Waals surface area contributed by atoms with Crippen molar-refractivity contribution in [2.24, 2.45) is 0 Å². The number of amides is 1. The van der Waals surface area contributed by atoms with Gasteiger partial charge in [0.1, 0.15) is 36.6 Å². The molecule has 66 heavy (non-hydrogen) atoms. The molecular formula is C55H107NO10. The van der Waals surface area contributed by atoms with Crippen molar-refractivity contribution >= 4 is 5.91 Å². The Morgan fingerprint density at radius 3 is 1.30 bits per heavy atom. The molecule has 8 N–H and O–H groups in total. The van der Waals surface area contributed by atoms with Gasteiger partial charge in [-0.15, -0.1) is 0 Å². The highest BCUT2D eigenvalue weighted by atomic mass is 16.7. The van der Waals surface area contributed by atoms with Crippen LogP contribution in [-0.2, 0) is 14.3 Å². The highest BCUT2D eigenvalue weighted by Crippen LogP contribution is 2.23. The second-order valence-electron chi connectivity index (χ2n) is 20.0. The Bertz CT molecular complexity index is 1080. The molecule has 392 valence electrons. The zero-order valence-electron chi connectivity index (χ0n) is 42.7. The van der Waals surface area contributed by atoms with Crippen LogP contribution in [-0.4, -0.2) is 110 Å². The van der Waals surface area contributed by atoms with Gasteiger partial charge < -0.3 is 50.5 Å². The van der Waals surface area contributed by atoms with E-state index in [0.29, 0.717) is 12.8 Å². The molecule has 1 heterocycles. The summed E-state index contributed by atoms with van der Waals surface area (Å²) in [6.07, 6.45) is 40.4. The van der Waals surface area contributed by atoms with Gasteiger partial charge in [0.15, 0.2) is 6.29 Å². The number of ether oxygens (including phenoxy) is 2. The maximum absolute atomic E-state index is 13.0. The molecule has 9 atom stereocenters. The molecule has 0 aromatic heterocycles. The van der Waals surface area contributed by atoms with Gasteiger partial charge in [-0.2, -0.15) is 0 Å². The highest BCUT2D eigenvalue weighted by molar-refractivity contribution is 5.80. The number of aliphatic hydroxyl groups is 7. The molecule has 9 unspecified atom stereocenters. The summed E-state index contributed by atoms with van der Waals surface area (Å²) in [5.41, 5.74) is 0. The zero-order chi connectivity index (χ0) is 48.3. The number of hydrogen-bond donors (Lipinski definition) is 8. The number of allylic oxidation sites excluding steroid dienone is 2. The van der Waals surface area contributed by atoms with E-state index in [4.69, 9.17) is 9.47 Å². The van der Waals surface area contributed by atoms with E-state index in [1.54, 1.807) is 0 Å². The average Bonchev–Trinajstić information content (AvgIpc) is 3.32. The summed E-state index contributed by atoms with van der Waals surface area (Å²) >= 11 is 0. The summed E-state index contributed by atoms with van der Waals surface area (Å²) in [7, 11) is 0. The predicted molar refractivity (Wildman–Crippen MR) is 270 cm³/mol. The molecule has 1 saturated heterocycles. The summed E-state index contributed by atoms with van der Waals surface area (Å²) < 4.78 is 11.1. The normalized spacial score (nSPS) is 20.8. The highest BCUT2D eigenvalue weighted by Gasteiger charge is 2.44. The summed E-state index contributed by atoms with van der Waals surface area (Å²) in [6, 6.07) is -1.18. The predicted octanol–water partition coefficient (Wildman–Crippen LogP) is 11.2. The lowest BCUT2D eigenvalue weighted by Crippen LogP contribution is -2.60. The van der Waals surface area contributed by atoms with Crippen LogP contribution in [0.2, 0.25) is 0 Å². The van der Waals surface area contributed by atoms with Gasteiger partial charge in [-0.3, -0.25) is 4.79 Å². The maximum Gasteiger partial charge on any atom is 0.249 e. The van der Waals surface area contributed by atoms with Crippen LogP contribution in [0.5, 0.6) is 0 Å². The number of nitrogens with one attached hydrogen (secondary N) is 1. The molecule has 1 amide bonds. The molecule has 11 nitrogen and oxygen atoms in total. The molecule has 0 aromatic carbocycles. The van der Waals surface area contributed by atoms with E-state index < -0.39 is 74.2 Å². The molecule has 1 fully saturated rings. The van der Waals surface area contributed by atoms with E-state index in [1.165, 1.54) is 186 Å². The molecule has 1 rings (SSSR count). The fraction of sp³-hybridized carbons (Fsp3) is 0.945. The Hall–Kier alpha value is -1.15. The van der Waals surface area contributed by atoms with Crippen LogP contribution >= 0.6 is 0 Å². The number of carbonyl (C=O) groups excluding carboxylic acids is 1. The first-order valence-corrected chi connectivity index (χ1v) is 28.1. The van der Waals surface area contributed by atoms with Crippen molar-refractivity contribution in [3.63, 3.8) is 0 Å². The van der Waals surface area contributed by atoms with E-state index in [9.17, 15) is 40.5 Å². The first kappa shape index (κ1) is 62.9. The van der Waals surface area contributed by atoms with Crippen molar-refractivity contribution in [1.82, 2.24) is 5.32 Å². The van der Waals surface area contributed by atoms with Crippen molar-refractivity contribution in [3.05, 3.63) is 12.2 Å². The largest absolute Gasteiger partial charge is 0.394 e. The van der Waals surface area contributed by atoms with E-state index in [2.05, 4.69) is 31.3 Å². The molecule has 0 radical (unpaired) electrons. The second kappa shape index (κ2) is 45.0. The van der Waals surface area contributed by atoms with Crippen LogP contribution in [0, 0.1) is 0 Å². The lowest BCUT2D eigenvalue weighted by atomic mass is 9.98. The van der Waals surface area contributed by atoms with E-state index in [-0.39, 0.29) is 12.8 Å². The Balaban J connectivity index is 2.18. The topological polar surface area (TPSA) is 189 Å². The van der Waals surface area contributed by atoms with E-state index >= 15 is 0 Å². The molecule has 0 aromatic rings. The molecule has 0 aliphatic carbocycles. The molecule has 0 bridgehead atoms. The van der Waals surface area contributed by atoms with Crippen LogP contribution in [0.3, 0.4) is 0 Å². The van der Waals surface area contributed by atoms with E-state index in [1.807, 2.05) is 0 Å². The standard InChI is InChI=1S/C55H107NO10/c1-3-5-7-9-11-13-14-15-16-17-18-19-20-21-22-23-24-25-26-27-28-29-30-31-32-33-34-35-37-38-40-42-47(58)50(60)46(45-65-55-53(63)52(62)51(61)49(44-57)66-55)56-54(64)48(59)43-41-39-36-12-10-8-6-4-2/h35,37,46-53,55,57-63H,3-34,36,38-45H2,1-2H3,(H,56,64)/b37-35+. The van der Waals surface area contributed by atoms with Gasteiger partial charge in [-0.1, -0.05) is 238 Å². The van der Waals surface area contributed by atoms with Crippen LogP contribution in [0.1, 0.15) is 264 Å². The van der Waals surface area contributed by atoms with Crippen molar-refractivity contribution in [2.45, 2.75) is 319 Å². The number of aliphatic hydroxyl groups excluding tert-OH is 7. The number of rotatable bonds is 48. The van der Waals surface area contributed by atoms with Gasteiger partial charge in [-0.25, -0.2) is 0 Å². The van der Waals surface area contributed by atoms with Gasteiger partial charge in [0.25, 0.3) is 0 Å². The van der Waals surface area contributed by atoms with Crippen LogP contribution in [0.25, 0.3) is 0 Å². The number of unbranched alkanes of at least 4 members (excludes halogenated alkanes) is 34. The fourth-order valence-corrected chi connectivity index (χ4v) is 9.21. The number of hydrogen-bond acceptors (Lipinski definition) is 10. The van der Waals surface area contributed by atoms with Gasteiger partial charge in [-0.05, 0) is 38.5 Å². The minimum Gasteiger partial charge on any atom is -0.394 e. The first-order valence-electron chi connectivity index (χ1n) is 28.1. The van der Waals surface area contributed by atoms with Crippen LogP contribution in [0.4, 0.5) is 0 Å². The lowest BCUT2D eigenvalue weighted by molar-refractivity contribution is -0.303. The summed E-state index contributed by atoms with van der Waals surface area (Å²) in [5.74, 6) is -0.708. The van der Waals surface area contributed by atoms with E-state index in [0.717, 1.165) is 38.5 Å². The molecule has 1 aliphatic heterocycles. The lowest BCUT2D eigenvalue weighted by Gasteiger charge is -2.40. The summed E-state index contributed by atoms with van der Waals surface area (Å²) in [5, 5.41) is 75.6.